The summed E-state index contributed by atoms with van der Waals surface area (Å²) in [6.45, 7) is 0. The number of para-hydroxylation sites is 1. The first kappa shape index (κ1) is 25.5. The Balaban J connectivity index is 1.22. The number of rotatable bonds is 9. The summed E-state index contributed by atoms with van der Waals surface area (Å²) in [5.41, 5.74) is 2.86. The molecule has 0 atom stereocenters. The average Bonchev–Trinajstić information content (AvgIpc) is 3.54. The molecule has 1 N–H and O–H groups in total. The average molecular weight is 567 g/mol. The maximum absolute atomic E-state index is 12.6. The number of nitrogens with zero attached hydrogens (tertiary/aromatic N) is 4. The molecule has 0 aliphatic carbocycles. The zero-order chi connectivity index (χ0) is 25.6. The Hall–Kier alpha value is -3.17. The van der Waals surface area contributed by atoms with Crippen molar-refractivity contribution in [2.24, 2.45) is 0 Å². The number of carbonyl (C=O) groups is 1. The predicted molar refractivity (Wildman–Crippen MR) is 152 cm³/mol. The zero-order valence-corrected chi connectivity index (χ0v) is 22.6. The van der Waals surface area contributed by atoms with Gasteiger partial charge in [-0.2, -0.15) is 0 Å². The van der Waals surface area contributed by atoms with Crippen LogP contribution in [0.5, 0.6) is 0 Å². The number of nitrogens with one attached hydrogen (secondary N) is 1. The number of amides is 1. The van der Waals surface area contributed by atoms with E-state index in [0.717, 1.165) is 32.7 Å². The standard InChI is InChI=1S/C27H21Cl2N5OS2/c28-20-11-12-23(29)19(15-20)16-22-17-30-26(37-22)31-24(35)13-14-36-27-33-32-25(18-7-3-1-4-8-18)34(27)21-9-5-2-6-10-21/h1-12,15,17H,13-14,16H2,(H,30,31,35). The number of benzene rings is 3. The molecule has 5 rings (SSSR count). The lowest BCUT2D eigenvalue weighted by Crippen LogP contribution is -2.12. The molecule has 2 aromatic heterocycles. The normalized spacial score (nSPS) is 11.0. The van der Waals surface area contributed by atoms with E-state index in [9.17, 15) is 4.79 Å². The van der Waals surface area contributed by atoms with Gasteiger partial charge in [-0.15, -0.1) is 21.5 Å². The van der Waals surface area contributed by atoms with Crippen molar-refractivity contribution >= 4 is 57.3 Å². The van der Waals surface area contributed by atoms with E-state index in [1.54, 1.807) is 18.3 Å². The van der Waals surface area contributed by atoms with Gasteiger partial charge in [0.25, 0.3) is 0 Å². The number of aromatic nitrogens is 4. The van der Waals surface area contributed by atoms with Crippen molar-refractivity contribution in [2.75, 3.05) is 11.1 Å². The second kappa shape index (κ2) is 11.9. The van der Waals surface area contributed by atoms with Crippen molar-refractivity contribution < 1.29 is 4.79 Å². The Morgan fingerprint density at radius 2 is 1.73 bits per heavy atom. The number of anilines is 1. The molecule has 0 saturated carbocycles. The van der Waals surface area contributed by atoms with Gasteiger partial charge in [0.1, 0.15) is 0 Å². The quantitative estimate of drug-likeness (QED) is 0.188. The maximum Gasteiger partial charge on any atom is 0.226 e. The minimum Gasteiger partial charge on any atom is -0.302 e. The second-order valence-corrected chi connectivity index (χ2v) is 11.1. The highest BCUT2D eigenvalue weighted by atomic mass is 35.5. The molecular formula is C27H21Cl2N5OS2. The SMILES string of the molecule is O=C(CCSc1nnc(-c2ccccc2)n1-c1ccccc1)Nc1ncc(Cc2cc(Cl)ccc2Cl)s1. The van der Waals surface area contributed by atoms with Gasteiger partial charge in [0.2, 0.25) is 5.91 Å². The Kier molecular flexibility index (Phi) is 8.21. The van der Waals surface area contributed by atoms with Crippen molar-refractivity contribution in [3.05, 3.63) is 106 Å². The van der Waals surface area contributed by atoms with Crippen molar-refractivity contribution in [1.82, 2.24) is 19.7 Å². The third-order valence-corrected chi connectivity index (χ3v) is 7.86. The van der Waals surface area contributed by atoms with Crippen molar-refractivity contribution in [2.45, 2.75) is 18.0 Å². The van der Waals surface area contributed by atoms with E-state index in [0.29, 0.717) is 33.8 Å². The minimum atomic E-state index is -0.108. The molecule has 0 bridgehead atoms. The lowest BCUT2D eigenvalue weighted by atomic mass is 10.1. The topological polar surface area (TPSA) is 72.7 Å². The fourth-order valence-corrected chi connectivity index (χ4v) is 5.80. The summed E-state index contributed by atoms with van der Waals surface area (Å²) in [6, 6.07) is 25.3. The first-order valence-corrected chi connectivity index (χ1v) is 14.0. The Morgan fingerprint density at radius 3 is 2.51 bits per heavy atom. The van der Waals surface area contributed by atoms with Crippen LogP contribution < -0.4 is 5.32 Å². The zero-order valence-electron chi connectivity index (χ0n) is 19.5. The molecule has 0 radical (unpaired) electrons. The molecule has 0 fully saturated rings. The lowest BCUT2D eigenvalue weighted by Gasteiger charge is -2.10. The van der Waals surface area contributed by atoms with Crippen LogP contribution in [0, 0.1) is 0 Å². The van der Waals surface area contributed by atoms with Crippen molar-refractivity contribution in [1.29, 1.82) is 0 Å². The second-order valence-electron chi connectivity index (χ2n) is 8.03. The predicted octanol–water partition coefficient (Wildman–Crippen LogP) is 7.41. The van der Waals surface area contributed by atoms with Crippen LogP contribution in [0.1, 0.15) is 16.9 Å². The fourth-order valence-electron chi connectivity index (χ4n) is 3.68. The van der Waals surface area contributed by atoms with Gasteiger partial charge < -0.3 is 5.32 Å². The van der Waals surface area contributed by atoms with Crippen LogP contribution in [-0.4, -0.2) is 31.4 Å². The number of hydrogen-bond acceptors (Lipinski definition) is 6. The summed E-state index contributed by atoms with van der Waals surface area (Å²) in [5.74, 6) is 1.19. The van der Waals surface area contributed by atoms with Gasteiger partial charge in [-0.05, 0) is 35.9 Å². The van der Waals surface area contributed by atoms with Crippen molar-refractivity contribution in [3.63, 3.8) is 0 Å². The van der Waals surface area contributed by atoms with E-state index in [2.05, 4.69) is 20.5 Å². The summed E-state index contributed by atoms with van der Waals surface area (Å²) in [6.07, 6.45) is 2.66. The smallest absolute Gasteiger partial charge is 0.226 e. The molecule has 0 aliphatic heterocycles. The number of thiazole rings is 1. The molecule has 1 amide bonds. The van der Waals surface area contributed by atoms with Gasteiger partial charge in [0.05, 0.1) is 0 Å². The molecule has 37 heavy (non-hydrogen) atoms. The Bertz CT molecular complexity index is 1510. The van der Waals surface area contributed by atoms with Crippen LogP contribution >= 0.6 is 46.3 Å². The van der Waals surface area contributed by atoms with E-state index in [1.165, 1.54) is 23.1 Å². The molecule has 0 aliphatic rings. The molecule has 2 heterocycles. The molecule has 10 heteroatoms. The molecule has 0 saturated heterocycles. The molecule has 0 spiro atoms. The number of thioether (sulfide) groups is 1. The van der Waals surface area contributed by atoms with Crippen LogP contribution in [0.25, 0.3) is 17.1 Å². The van der Waals surface area contributed by atoms with Gasteiger partial charge in [-0.1, -0.05) is 83.5 Å². The van der Waals surface area contributed by atoms with Gasteiger partial charge in [-0.3, -0.25) is 9.36 Å². The summed E-state index contributed by atoms with van der Waals surface area (Å²) in [7, 11) is 0. The Labute approximate surface area is 232 Å². The molecule has 186 valence electrons. The summed E-state index contributed by atoms with van der Waals surface area (Å²) in [5, 5.41) is 14.3. The number of hydrogen-bond donors (Lipinski definition) is 1. The van der Waals surface area contributed by atoms with E-state index < -0.39 is 0 Å². The van der Waals surface area contributed by atoms with Crippen LogP contribution in [0.3, 0.4) is 0 Å². The molecule has 6 nitrogen and oxygen atoms in total. The highest BCUT2D eigenvalue weighted by Crippen LogP contribution is 2.29. The summed E-state index contributed by atoms with van der Waals surface area (Å²) < 4.78 is 2.02. The summed E-state index contributed by atoms with van der Waals surface area (Å²) in [4.78, 5) is 17.9. The van der Waals surface area contributed by atoms with E-state index in [4.69, 9.17) is 23.2 Å². The van der Waals surface area contributed by atoms with E-state index in [-0.39, 0.29) is 5.91 Å². The third-order valence-electron chi connectivity index (χ3n) is 5.41. The molecule has 5 aromatic rings. The van der Waals surface area contributed by atoms with E-state index >= 15 is 0 Å². The van der Waals surface area contributed by atoms with Crippen LogP contribution in [-0.2, 0) is 11.2 Å². The molecular weight excluding hydrogens is 545 g/mol. The fraction of sp³-hybridized carbons (Fsp3) is 0.111. The Morgan fingerprint density at radius 1 is 0.973 bits per heavy atom. The van der Waals surface area contributed by atoms with Crippen LogP contribution in [0.4, 0.5) is 5.13 Å². The van der Waals surface area contributed by atoms with Crippen molar-refractivity contribution in [3.8, 4) is 17.1 Å². The lowest BCUT2D eigenvalue weighted by molar-refractivity contribution is -0.115. The third kappa shape index (κ3) is 6.40. The molecule has 0 unspecified atom stereocenters. The number of carbonyl (C=O) groups excluding carboxylic acids is 1. The highest BCUT2D eigenvalue weighted by molar-refractivity contribution is 7.99. The first-order chi connectivity index (χ1) is 18.1. The van der Waals surface area contributed by atoms with Gasteiger partial charge in [-0.25, -0.2) is 4.98 Å². The van der Waals surface area contributed by atoms with E-state index in [1.807, 2.05) is 71.3 Å². The highest BCUT2D eigenvalue weighted by Gasteiger charge is 2.17. The van der Waals surface area contributed by atoms with Gasteiger partial charge >= 0.3 is 0 Å². The minimum absolute atomic E-state index is 0.108. The number of halogens is 2. The molecule has 3 aromatic carbocycles. The van der Waals surface area contributed by atoms with Crippen LogP contribution in [0.15, 0.2) is 90.2 Å². The van der Waals surface area contributed by atoms with Crippen LogP contribution in [0.2, 0.25) is 10.0 Å². The largest absolute Gasteiger partial charge is 0.302 e. The van der Waals surface area contributed by atoms with Gasteiger partial charge in [0, 0.05) is 51.0 Å². The van der Waals surface area contributed by atoms with Gasteiger partial charge in [0.15, 0.2) is 16.1 Å². The maximum atomic E-state index is 12.6. The monoisotopic (exact) mass is 565 g/mol. The first-order valence-electron chi connectivity index (χ1n) is 11.4. The summed E-state index contributed by atoms with van der Waals surface area (Å²) >= 11 is 15.3.